The molecule has 0 fully saturated rings. The second-order valence-electron chi connectivity index (χ2n) is 3.42. The predicted molar refractivity (Wildman–Crippen MR) is 59.3 cm³/mol. The summed E-state index contributed by atoms with van der Waals surface area (Å²) in [6, 6.07) is 9.97. The van der Waals surface area contributed by atoms with E-state index in [-0.39, 0.29) is 0 Å². The monoisotopic (exact) mass is 218 g/mol. The minimum Gasteiger partial charge on any atom is -0.446 e. The predicted octanol–water partition coefficient (Wildman–Crippen LogP) is 1.85. The van der Waals surface area contributed by atoms with Gasteiger partial charge in [0, 0.05) is 6.54 Å². The third-order valence-electron chi connectivity index (χ3n) is 2.15. The molecule has 0 atom stereocenters. The van der Waals surface area contributed by atoms with Crippen molar-refractivity contribution in [1.82, 2.24) is 4.98 Å². The normalized spacial score (nSPS) is 10.6. The highest BCUT2D eigenvalue weighted by Crippen LogP contribution is 2.06. The number of nitrogens with zero attached hydrogens (tertiary/aromatic N) is 1. The van der Waals surface area contributed by atoms with Crippen LogP contribution in [0.1, 0.15) is 17.1 Å². The molecule has 16 heavy (non-hydrogen) atoms. The Kier molecular flexibility index (Phi) is 3.69. The van der Waals surface area contributed by atoms with Crippen LogP contribution in [-0.2, 0) is 24.5 Å². The van der Waals surface area contributed by atoms with Gasteiger partial charge in [-0.1, -0.05) is 30.3 Å². The van der Waals surface area contributed by atoms with Crippen LogP contribution in [0.4, 0.5) is 0 Å². The van der Waals surface area contributed by atoms with Crippen molar-refractivity contribution in [2.24, 2.45) is 5.73 Å². The zero-order chi connectivity index (χ0) is 11.2. The first-order valence-corrected chi connectivity index (χ1v) is 5.13. The summed E-state index contributed by atoms with van der Waals surface area (Å²) in [7, 11) is 0. The molecule has 0 saturated heterocycles. The number of oxazole rings is 1. The maximum atomic E-state index is 5.47. The Morgan fingerprint density at radius 1 is 1.19 bits per heavy atom. The highest BCUT2D eigenvalue weighted by molar-refractivity contribution is 5.13. The highest BCUT2D eigenvalue weighted by atomic mass is 16.5. The zero-order valence-electron chi connectivity index (χ0n) is 8.93. The van der Waals surface area contributed by atoms with Gasteiger partial charge in [0.2, 0.25) is 5.89 Å². The first-order valence-electron chi connectivity index (χ1n) is 5.13. The van der Waals surface area contributed by atoms with E-state index in [1.807, 2.05) is 30.3 Å². The van der Waals surface area contributed by atoms with Gasteiger partial charge in [-0.3, -0.25) is 0 Å². The Balaban J connectivity index is 1.80. The number of hydrogen-bond donors (Lipinski definition) is 1. The van der Waals surface area contributed by atoms with Crippen molar-refractivity contribution in [2.45, 2.75) is 19.8 Å². The summed E-state index contributed by atoms with van der Waals surface area (Å²) in [6.45, 7) is 1.32. The number of hydrogen-bond acceptors (Lipinski definition) is 4. The molecule has 2 N–H and O–H groups in total. The van der Waals surface area contributed by atoms with Gasteiger partial charge in [-0.2, -0.15) is 0 Å². The Morgan fingerprint density at radius 2 is 2.00 bits per heavy atom. The van der Waals surface area contributed by atoms with E-state index in [0.717, 1.165) is 11.3 Å². The minimum absolute atomic E-state index is 0.370. The van der Waals surface area contributed by atoms with Crippen molar-refractivity contribution >= 4 is 0 Å². The van der Waals surface area contributed by atoms with Gasteiger partial charge in [0.15, 0.2) is 0 Å². The van der Waals surface area contributed by atoms with Crippen LogP contribution in [0.2, 0.25) is 0 Å². The number of nitrogens with two attached hydrogens (primary N) is 1. The van der Waals surface area contributed by atoms with E-state index in [0.29, 0.717) is 25.6 Å². The number of rotatable bonds is 5. The van der Waals surface area contributed by atoms with Crippen molar-refractivity contribution in [3.63, 3.8) is 0 Å². The van der Waals surface area contributed by atoms with Crippen LogP contribution in [0.3, 0.4) is 0 Å². The minimum atomic E-state index is 0.370. The van der Waals surface area contributed by atoms with Gasteiger partial charge < -0.3 is 14.9 Å². The maximum Gasteiger partial charge on any atom is 0.220 e. The maximum absolute atomic E-state index is 5.47. The van der Waals surface area contributed by atoms with Gasteiger partial charge in [0.1, 0.15) is 12.9 Å². The van der Waals surface area contributed by atoms with Crippen LogP contribution < -0.4 is 5.73 Å². The van der Waals surface area contributed by atoms with E-state index in [2.05, 4.69) is 4.98 Å². The summed E-state index contributed by atoms with van der Waals surface area (Å²) < 4.78 is 10.6. The molecule has 0 aliphatic heterocycles. The lowest BCUT2D eigenvalue weighted by atomic mass is 10.2. The average molecular weight is 218 g/mol. The molecule has 1 aromatic heterocycles. The summed E-state index contributed by atoms with van der Waals surface area (Å²) >= 11 is 0. The molecule has 0 bridgehead atoms. The van der Waals surface area contributed by atoms with Crippen molar-refractivity contribution < 1.29 is 9.15 Å². The number of aromatic nitrogens is 1. The van der Waals surface area contributed by atoms with Crippen molar-refractivity contribution in [3.8, 4) is 0 Å². The van der Waals surface area contributed by atoms with Crippen LogP contribution >= 0.6 is 0 Å². The molecule has 0 amide bonds. The smallest absolute Gasteiger partial charge is 0.220 e. The summed E-state index contributed by atoms with van der Waals surface area (Å²) in [6.07, 6.45) is 1.56. The van der Waals surface area contributed by atoms with Gasteiger partial charge >= 0.3 is 0 Å². The lowest BCUT2D eigenvalue weighted by Crippen LogP contribution is -1.98. The van der Waals surface area contributed by atoms with E-state index in [1.54, 1.807) is 6.26 Å². The van der Waals surface area contributed by atoms with Crippen molar-refractivity contribution in [1.29, 1.82) is 0 Å². The van der Waals surface area contributed by atoms with E-state index in [9.17, 15) is 0 Å². The molecular weight excluding hydrogens is 204 g/mol. The summed E-state index contributed by atoms with van der Waals surface area (Å²) in [5.74, 6) is 0.566. The quantitative estimate of drug-likeness (QED) is 0.832. The summed E-state index contributed by atoms with van der Waals surface area (Å²) in [5, 5.41) is 0. The Morgan fingerprint density at radius 3 is 2.69 bits per heavy atom. The second-order valence-corrected chi connectivity index (χ2v) is 3.42. The molecular formula is C12H14N2O2. The zero-order valence-corrected chi connectivity index (χ0v) is 8.93. The molecule has 1 aromatic carbocycles. The van der Waals surface area contributed by atoms with Crippen LogP contribution in [0, 0.1) is 0 Å². The fraction of sp³-hybridized carbons (Fsp3) is 0.250. The molecule has 1 heterocycles. The molecule has 0 spiro atoms. The largest absolute Gasteiger partial charge is 0.446 e. The first kappa shape index (κ1) is 10.9. The van der Waals surface area contributed by atoms with Crippen LogP contribution in [-0.4, -0.2) is 4.98 Å². The molecule has 84 valence electrons. The lowest BCUT2D eigenvalue weighted by molar-refractivity contribution is 0.0895. The molecule has 0 radical (unpaired) electrons. The summed E-state index contributed by atoms with van der Waals surface area (Å²) in [5.41, 5.74) is 7.30. The molecule has 0 unspecified atom stereocenters. The highest BCUT2D eigenvalue weighted by Gasteiger charge is 2.02. The average Bonchev–Trinajstić information content (AvgIpc) is 2.78. The Bertz CT molecular complexity index is 426. The third-order valence-corrected chi connectivity index (χ3v) is 2.15. The Hall–Kier alpha value is -1.65. The van der Waals surface area contributed by atoms with E-state index in [1.165, 1.54) is 0 Å². The molecule has 0 saturated carbocycles. The van der Waals surface area contributed by atoms with Gasteiger partial charge in [0.05, 0.1) is 12.3 Å². The van der Waals surface area contributed by atoms with E-state index >= 15 is 0 Å². The fourth-order valence-corrected chi connectivity index (χ4v) is 1.34. The van der Waals surface area contributed by atoms with E-state index < -0.39 is 0 Å². The molecule has 2 rings (SSSR count). The molecule has 0 aliphatic rings. The molecule has 0 aliphatic carbocycles. The van der Waals surface area contributed by atoms with Crippen LogP contribution in [0.25, 0.3) is 0 Å². The second kappa shape index (κ2) is 5.44. The Labute approximate surface area is 94.1 Å². The molecule has 4 heteroatoms. The third kappa shape index (κ3) is 2.92. The van der Waals surface area contributed by atoms with E-state index in [4.69, 9.17) is 14.9 Å². The molecule has 2 aromatic rings. The van der Waals surface area contributed by atoms with Gasteiger partial charge in [-0.05, 0) is 5.56 Å². The summed E-state index contributed by atoms with van der Waals surface area (Å²) in [4.78, 5) is 4.14. The fourth-order valence-electron chi connectivity index (χ4n) is 1.34. The lowest BCUT2D eigenvalue weighted by Gasteiger charge is -2.00. The molecule has 4 nitrogen and oxygen atoms in total. The number of benzene rings is 1. The van der Waals surface area contributed by atoms with Crippen LogP contribution in [0.15, 0.2) is 41.0 Å². The standard InChI is InChI=1S/C12H14N2O2/c13-6-11-8-16-12(14-11)9-15-7-10-4-2-1-3-5-10/h1-5,8H,6-7,9,13H2. The van der Waals surface area contributed by atoms with Crippen molar-refractivity contribution in [3.05, 3.63) is 53.7 Å². The first-order chi connectivity index (χ1) is 7.88. The SMILES string of the molecule is NCc1coc(COCc2ccccc2)n1. The number of ether oxygens (including phenoxy) is 1. The van der Waals surface area contributed by atoms with Crippen molar-refractivity contribution in [2.75, 3.05) is 0 Å². The van der Waals surface area contributed by atoms with Gasteiger partial charge in [-0.25, -0.2) is 4.98 Å². The topological polar surface area (TPSA) is 61.3 Å². The van der Waals surface area contributed by atoms with Crippen LogP contribution in [0.5, 0.6) is 0 Å². The van der Waals surface area contributed by atoms with Gasteiger partial charge in [0.25, 0.3) is 0 Å². The van der Waals surface area contributed by atoms with Gasteiger partial charge in [-0.15, -0.1) is 0 Å².